The van der Waals surface area contributed by atoms with Crippen LogP contribution in [-0.2, 0) is 16.6 Å². The van der Waals surface area contributed by atoms with E-state index in [0.717, 1.165) is 11.3 Å². The van der Waals surface area contributed by atoms with Crippen molar-refractivity contribution < 1.29 is 17.7 Å². The highest BCUT2D eigenvalue weighted by Crippen LogP contribution is 2.30. The Hall–Kier alpha value is -2.86. The van der Waals surface area contributed by atoms with Crippen LogP contribution in [-0.4, -0.2) is 15.5 Å². The van der Waals surface area contributed by atoms with Crippen LogP contribution in [0.3, 0.4) is 0 Å². The Kier molecular flexibility index (Phi) is 5.46. The van der Waals surface area contributed by atoms with Crippen LogP contribution >= 0.6 is 0 Å². The monoisotopic (exact) mass is 382 g/mol. The minimum absolute atomic E-state index is 0.208. The fourth-order valence-electron chi connectivity index (χ4n) is 2.86. The first-order valence-electron chi connectivity index (χ1n) is 8.56. The maximum absolute atomic E-state index is 12.9. The summed E-state index contributed by atoms with van der Waals surface area (Å²) in [6, 6.07) is 18.4. The van der Waals surface area contributed by atoms with Crippen LogP contribution in [0.25, 0.3) is 4.72 Å². The predicted molar refractivity (Wildman–Crippen MR) is 105 cm³/mol. The van der Waals surface area contributed by atoms with Crippen molar-refractivity contribution in [2.24, 2.45) is 0 Å². The lowest BCUT2D eigenvalue weighted by atomic mass is 10.2. The van der Waals surface area contributed by atoms with E-state index < -0.39 is 10.0 Å². The number of hydrogen-bond donors (Lipinski definition) is 0. The van der Waals surface area contributed by atoms with Gasteiger partial charge in [0.15, 0.2) is 18.4 Å². The van der Waals surface area contributed by atoms with Gasteiger partial charge >= 0.3 is 0 Å². The summed E-state index contributed by atoms with van der Waals surface area (Å²) >= 11 is 0. The van der Waals surface area contributed by atoms with Gasteiger partial charge in [0.2, 0.25) is 0 Å². The van der Waals surface area contributed by atoms with Crippen LogP contribution < -0.4 is 9.30 Å². The molecule has 0 fully saturated rings. The van der Waals surface area contributed by atoms with E-state index >= 15 is 0 Å². The molecule has 0 spiro atoms. The number of nitrogens with zero attached hydrogens (tertiary/aromatic N) is 2. The van der Waals surface area contributed by atoms with Gasteiger partial charge in [-0.15, -0.1) is 5.69 Å². The van der Waals surface area contributed by atoms with E-state index in [2.05, 4.69) is 4.72 Å². The first-order valence-corrected chi connectivity index (χ1v) is 10.00. The van der Waals surface area contributed by atoms with Crippen molar-refractivity contribution >= 4 is 15.7 Å². The highest BCUT2D eigenvalue weighted by molar-refractivity contribution is 7.94. The van der Waals surface area contributed by atoms with Crippen molar-refractivity contribution in [2.45, 2.75) is 25.3 Å². The molecule has 2 aromatic carbocycles. The van der Waals surface area contributed by atoms with Crippen LogP contribution in [0.1, 0.15) is 16.8 Å². The standard InChI is InChI=1S/C21H22N2O3S/c1-16-13-17(2)23(14-18-7-5-4-6-8-18)15-21(16)27(24,25)22-19-9-11-20(26-3)12-10-19/h4-13,15H,14H2,1-3H3. The van der Waals surface area contributed by atoms with Crippen molar-refractivity contribution in [3.63, 3.8) is 0 Å². The summed E-state index contributed by atoms with van der Waals surface area (Å²) in [4.78, 5) is 0.208. The molecule has 140 valence electrons. The molecule has 3 rings (SSSR count). The Bertz CT molecular complexity index is 1030. The fourth-order valence-corrected chi connectivity index (χ4v) is 4.09. The molecule has 0 saturated carbocycles. The summed E-state index contributed by atoms with van der Waals surface area (Å²) in [6.07, 6.45) is 1.67. The maximum atomic E-state index is 12.9. The summed E-state index contributed by atoms with van der Waals surface area (Å²) in [5.74, 6) is 0.651. The topological polar surface area (TPSA) is 61.4 Å². The van der Waals surface area contributed by atoms with Gasteiger partial charge in [-0.05, 0) is 24.6 Å². The molecule has 0 aliphatic carbocycles. The second-order valence-electron chi connectivity index (χ2n) is 6.34. The molecule has 3 aromatic rings. The lowest BCUT2D eigenvalue weighted by Crippen LogP contribution is -2.38. The Morgan fingerprint density at radius 1 is 1.00 bits per heavy atom. The molecule has 0 saturated heterocycles. The van der Waals surface area contributed by atoms with Gasteiger partial charge in [0.25, 0.3) is 0 Å². The summed E-state index contributed by atoms with van der Waals surface area (Å²) in [5.41, 5.74) is 3.13. The molecule has 0 aliphatic rings. The zero-order chi connectivity index (χ0) is 19.4. The minimum atomic E-state index is -3.83. The van der Waals surface area contributed by atoms with Crippen LogP contribution in [0.2, 0.25) is 0 Å². The van der Waals surface area contributed by atoms with Crippen molar-refractivity contribution in [3.05, 3.63) is 88.4 Å². The van der Waals surface area contributed by atoms with Gasteiger partial charge < -0.3 is 9.46 Å². The average molecular weight is 382 g/mol. The largest absolute Gasteiger partial charge is 0.573 e. The SMILES string of the molecule is COc1ccc([N-]S(=O)(=O)c2c[n+](Cc3ccccc3)c(C)cc2C)cc1. The molecule has 0 unspecified atom stereocenters. The number of aryl methyl sites for hydroxylation is 2. The number of rotatable bonds is 6. The molecule has 6 heteroatoms. The molecular formula is C21H22N2O3S. The second-order valence-corrected chi connectivity index (χ2v) is 7.91. The lowest BCUT2D eigenvalue weighted by molar-refractivity contribution is -0.696. The molecule has 5 nitrogen and oxygen atoms in total. The van der Waals surface area contributed by atoms with Crippen molar-refractivity contribution in [1.29, 1.82) is 0 Å². The van der Waals surface area contributed by atoms with Crippen molar-refractivity contribution in [3.8, 4) is 5.75 Å². The van der Waals surface area contributed by atoms with E-state index in [-0.39, 0.29) is 4.90 Å². The summed E-state index contributed by atoms with van der Waals surface area (Å²) < 4.78 is 36.8. The number of hydrogen-bond acceptors (Lipinski definition) is 3. The molecule has 0 N–H and O–H groups in total. The third kappa shape index (κ3) is 4.46. The molecule has 27 heavy (non-hydrogen) atoms. The third-order valence-corrected chi connectivity index (χ3v) is 5.75. The number of sulfonamides is 1. The van der Waals surface area contributed by atoms with Crippen LogP contribution in [0.4, 0.5) is 5.69 Å². The number of ether oxygens (including phenoxy) is 1. The summed E-state index contributed by atoms with van der Waals surface area (Å²) in [6.45, 7) is 4.35. The van der Waals surface area contributed by atoms with E-state index in [4.69, 9.17) is 4.74 Å². The minimum Gasteiger partial charge on any atom is -0.573 e. The van der Waals surface area contributed by atoms with Crippen LogP contribution in [0, 0.1) is 13.8 Å². The number of benzene rings is 2. The van der Waals surface area contributed by atoms with E-state index in [1.165, 1.54) is 0 Å². The number of aromatic nitrogens is 1. The average Bonchev–Trinajstić information content (AvgIpc) is 2.65. The number of pyridine rings is 1. The van der Waals surface area contributed by atoms with Gasteiger partial charge in [-0.1, -0.05) is 42.5 Å². The Labute approximate surface area is 160 Å². The quantitative estimate of drug-likeness (QED) is 0.605. The third-order valence-electron chi connectivity index (χ3n) is 4.31. The van der Waals surface area contributed by atoms with Gasteiger partial charge in [0, 0.05) is 18.6 Å². The molecule has 0 aliphatic heterocycles. The Morgan fingerprint density at radius 3 is 2.30 bits per heavy atom. The van der Waals surface area contributed by atoms with Crippen LogP contribution in [0.5, 0.6) is 5.75 Å². The number of methoxy groups -OCH3 is 1. The second kappa shape index (κ2) is 7.80. The van der Waals surface area contributed by atoms with Gasteiger partial charge in [-0.25, -0.2) is 8.42 Å². The zero-order valence-electron chi connectivity index (χ0n) is 15.6. The maximum Gasteiger partial charge on any atom is 0.186 e. The Balaban J connectivity index is 1.92. The van der Waals surface area contributed by atoms with Crippen LogP contribution in [0.15, 0.2) is 71.8 Å². The van der Waals surface area contributed by atoms with E-state index in [1.807, 2.05) is 47.9 Å². The summed E-state index contributed by atoms with van der Waals surface area (Å²) in [5, 5.41) is 0. The highest BCUT2D eigenvalue weighted by atomic mass is 32.2. The first kappa shape index (κ1) is 18.9. The molecule has 0 radical (unpaired) electrons. The Morgan fingerprint density at radius 2 is 1.67 bits per heavy atom. The highest BCUT2D eigenvalue weighted by Gasteiger charge is 2.18. The van der Waals surface area contributed by atoms with E-state index in [0.29, 0.717) is 23.5 Å². The van der Waals surface area contributed by atoms with Gasteiger partial charge in [-0.3, -0.25) is 0 Å². The summed E-state index contributed by atoms with van der Waals surface area (Å²) in [7, 11) is -2.27. The molecule has 1 aromatic heterocycles. The molecule has 0 amide bonds. The predicted octanol–water partition coefficient (Wildman–Crippen LogP) is 4.04. The zero-order valence-corrected chi connectivity index (χ0v) is 16.4. The van der Waals surface area contributed by atoms with Crippen molar-refractivity contribution in [1.82, 2.24) is 0 Å². The van der Waals surface area contributed by atoms with Gasteiger partial charge in [-0.2, -0.15) is 4.57 Å². The van der Waals surface area contributed by atoms with Crippen molar-refractivity contribution in [2.75, 3.05) is 7.11 Å². The first-order chi connectivity index (χ1) is 12.9. The van der Waals surface area contributed by atoms with E-state index in [1.54, 1.807) is 44.5 Å². The molecule has 0 bridgehead atoms. The lowest BCUT2D eigenvalue weighted by Gasteiger charge is -2.22. The molecular weight excluding hydrogens is 360 g/mol. The smallest absolute Gasteiger partial charge is 0.186 e. The molecule has 0 atom stereocenters. The molecule has 1 heterocycles. The van der Waals surface area contributed by atoms with Gasteiger partial charge in [0.1, 0.15) is 20.7 Å². The van der Waals surface area contributed by atoms with E-state index in [9.17, 15) is 8.42 Å². The normalized spacial score (nSPS) is 11.2. The van der Waals surface area contributed by atoms with Gasteiger partial charge in [0.05, 0.1) is 7.11 Å². The fraction of sp³-hybridized carbons (Fsp3) is 0.190.